The number of carbonyl (C=O) groups is 2. The van der Waals surface area contributed by atoms with Crippen LogP contribution in [0.15, 0.2) is 54.6 Å². The summed E-state index contributed by atoms with van der Waals surface area (Å²) < 4.78 is 0. The fourth-order valence-electron chi connectivity index (χ4n) is 2.17. The predicted molar refractivity (Wildman–Crippen MR) is 80.1 cm³/mol. The van der Waals surface area contributed by atoms with E-state index in [1.54, 1.807) is 18.2 Å². The lowest BCUT2D eigenvalue weighted by Gasteiger charge is -2.14. The molecule has 21 heavy (non-hydrogen) atoms. The zero-order valence-electron chi connectivity index (χ0n) is 11.7. The number of hydrogen-bond acceptors (Lipinski definition) is 2. The van der Waals surface area contributed by atoms with Gasteiger partial charge in [-0.25, -0.2) is 4.79 Å². The van der Waals surface area contributed by atoms with Crippen molar-refractivity contribution >= 4 is 11.9 Å². The highest BCUT2D eigenvalue weighted by Crippen LogP contribution is 2.13. The van der Waals surface area contributed by atoms with Crippen LogP contribution in [0.4, 0.5) is 0 Å². The summed E-state index contributed by atoms with van der Waals surface area (Å²) in [5.41, 5.74) is 1.69. The van der Waals surface area contributed by atoms with Crippen LogP contribution in [0, 0.1) is 0 Å². The summed E-state index contributed by atoms with van der Waals surface area (Å²) in [5, 5.41) is 12.0. The third-order valence-electron chi connectivity index (χ3n) is 3.28. The van der Waals surface area contributed by atoms with E-state index in [4.69, 9.17) is 5.11 Å². The number of aromatic carboxylic acids is 1. The van der Waals surface area contributed by atoms with Crippen LogP contribution >= 0.6 is 0 Å². The van der Waals surface area contributed by atoms with E-state index in [1.165, 1.54) is 6.07 Å². The molecule has 4 nitrogen and oxygen atoms in total. The molecule has 1 atom stereocenters. The van der Waals surface area contributed by atoms with Gasteiger partial charge in [-0.3, -0.25) is 4.79 Å². The summed E-state index contributed by atoms with van der Waals surface area (Å²) in [6.07, 6.45) is 0.0552. The molecule has 4 heteroatoms. The Hall–Kier alpha value is -2.62. The Morgan fingerprint density at radius 2 is 1.67 bits per heavy atom. The lowest BCUT2D eigenvalue weighted by atomic mass is 10.0. The van der Waals surface area contributed by atoms with Gasteiger partial charge in [0.1, 0.15) is 0 Å². The number of carboxylic acid groups (broad SMARTS) is 1. The van der Waals surface area contributed by atoms with Crippen molar-refractivity contribution in [1.82, 2.24) is 5.32 Å². The van der Waals surface area contributed by atoms with E-state index >= 15 is 0 Å². The zero-order chi connectivity index (χ0) is 15.2. The molecule has 0 aliphatic carbocycles. The third kappa shape index (κ3) is 3.92. The van der Waals surface area contributed by atoms with Gasteiger partial charge in [0.15, 0.2) is 0 Å². The average molecular weight is 283 g/mol. The van der Waals surface area contributed by atoms with Crippen LogP contribution in [-0.4, -0.2) is 17.0 Å². The molecule has 2 rings (SSSR count). The van der Waals surface area contributed by atoms with Crippen molar-refractivity contribution < 1.29 is 14.7 Å². The Morgan fingerprint density at radius 1 is 1.05 bits per heavy atom. The molecular formula is C17H17NO3. The highest BCUT2D eigenvalue weighted by molar-refractivity contribution is 5.91. The number of carboxylic acids is 1. The summed E-state index contributed by atoms with van der Waals surface area (Å²) in [6.45, 7) is 1.90. The van der Waals surface area contributed by atoms with Crippen molar-refractivity contribution in [3.05, 3.63) is 71.3 Å². The molecule has 0 aliphatic rings. The molecule has 0 saturated carbocycles. The molecule has 0 fully saturated rings. The molecule has 1 amide bonds. The summed E-state index contributed by atoms with van der Waals surface area (Å²) in [7, 11) is 0. The monoisotopic (exact) mass is 283 g/mol. The van der Waals surface area contributed by atoms with Gasteiger partial charge in [-0.05, 0) is 24.1 Å². The van der Waals surface area contributed by atoms with Crippen molar-refractivity contribution in [2.45, 2.75) is 19.4 Å². The van der Waals surface area contributed by atoms with Gasteiger partial charge in [-0.15, -0.1) is 0 Å². The minimum Gasteiger partial charge on any atom is -0.478 e. The summed E-state index contributed by atoms with van der Waals surface area (Å²) in [5.74, 6) is -1.21. The highest BCUT2D eigenvalue weighted by atomic mass is 16.4. The van der Waals surface area contributed by atoms with Crippen molar-refractivity contribution in [3.8, 4) is 0 Å². The van der Waals surface area contributed by atoms with Crippen LogP contribution in [0.3, 0.4) is 0 Å². The first kappa shape index (κ1) is 14.8. The first-order valence-electron chi connectivity index (χ1n) is 6.73. The standard InChI is InChI=1S/C17H17NO3/c1-12(13-7-3-2-4-8-13)18-16(19)11-14-9-5-6-10-15(14)17(20)21/h2-10,12H,11H2,1H3,(H,18,19)(H,20,21)/t12-/m1/s1. The van der Waals surface area contributed by atoms with Gasteiger partial charge in [-0.1, -0.05) is 48.5 Å². The second-order valence-corrected chi connectivity index (χ2v) is 4.84. The second kappa shape index (κ2) is 6.70. The van der Waals surface area contributed by atoms with Gasteiger partial charge < -0.3 is 10.4 Å². The third-order valence-corrected chi connectivity index (χ3v) is 3.28. The van der Waals surface area contributed by atoms with Gasteiger partial charge in [0.05, 0.1) is 18.0 Å². The van der Waals surface area contributed by atoms with E-state index in [0.29, 0.717) is 5.56 Å². The SMILES string of the molecule is C[C@@H](NC(=O)Cc1ccccc1C(=O)O)c1ccccc1. The topological polar surface area (TPSA) is 66.4 Å². The molecule has 0 heterocycles. The molecule has 0 radical (unpaired) electrons. The fraction of sp³-hybridized carbons (Fsp3) is 0.176. The first-order valence-corrected chi connectivity index (χ1v) is 6.73. The van der Waals surface area contributed by atoms with Gasteiger partial charge in [0.2, 0.25) is 5.91 Å². The Morgan fingerprint density at radius 3 is 2.33 bits per heavy atom. The van der Waals surface area contributed by atoms with Crippen LogP contribution in [0.25, 0.3) is 0 Å². The molecule has 108 valence electrons. The number of hydrogen-bond donors (Lipinski definition) is 2. The molecule has 2 N–H and O–H groups in total. The molecule has 2 aromatic rings. The van der Waals surface area contributed by atoms with Gasteiger partial charge >= 0.3 is 5.97 Å². The Labute approximate surface area is 123 Å². The lowest BCUT2D eigenvalue weighted by molar-refractivity contribution is -0.121. The maximum absolute atomic E-state index is 12.1. The molecule has 0 unspecified atom stereocenters. The average Bonchev–Trinajstić information content (AvgIpc) is 2.48. The Kier molecular flexibility index (Phi) is 4.72. The number of amides is 1. The van der Waals surface area contributed by atoms with Crippen LogP contribution in [0.1, 0.15) is 34.5 Å². The van der Waals surface area contributed by atoms with Crippen molar-refractivity contribution in [2.75, 3.05) is 0 Å². The summed E-state index contributed by atoms with van der Waals surface area (Å²) in [6, 6.07) is 16.1. The first-order chi connectivity index (χ1) is 10.1. The summed E-state index contributed by atoms with van der Waals surface area (Å²) >= 11 is 0. The smallest absolute Gasteiger partial charge is 0.335 e. The minimum atomic E-state index is -1.02. The molecule has 0 spiro atoms. The quantitative estimate of drug-likeness (QED) is 0.886. The zero-order valence-corrected chi connectivity index (χ0v) is 11.7. The van der Waals surface area contributed by atoms with Crippen LogP contribution in [0.2, 0.25) is 0 Å². The van der Waals surface area contributed by atoms with Crippen molar-refractivity contribution in [2.24, 2.45) is 0 Å². The molecule has 0 saturated heterocycles. The van der Waals surface area contributed by atoms with Gasteiger partial charge in [-0.2, -0.15) is 0 Å². The van der Waals surface area contributed by atoms with E-state index in [2.05, 4.69) is 5.32 Å². The number of carbonyl (C=O) groups excluding carboxylic acids is 1. The molecular weight excluding hydrogens is 266 g/mol. The Bertz CT molecular complexity index is 637. The Balaban J connectivity index is 2.04. The molecule has 2 aromatic carbocycles. The lowest BCUT2D eigenvalue weighted by Crippen LogP contribution is -2.28. The van der Waals surface area contributed by atoms with E-state index in [1.807, 2.05) is 37.3 Å². The predicted octanol–water partition coefficient (Wildman–Crippen LogP) is 2.80. The molecule has 0 bridgehead atoms. The maximum Gasteiger partial charge on any atom is 0.335 e. The van der Waals surface area contributed by atoms with E-state index in [9.17, 15) is 9.59 Å². The maximum atomic E-state index is 12.1. The van der Waals surface area contributed by atoms with Crippen LogP contribution in [0.5, 0.6) is 0 Å². The van der Waals surface area contributed by atoms with Crippen LogP contribution in [-0.2, 0) is 11.2 Å². The van der Waals surface area contributed by atoms with E-state index in [-0.39, 0.29) is 23.9 Å². The van der Waals surface area contributed by atoms with Crippen molar-refractivity contribution in [3.63, 3.8) is 0 Å². The van der Waals surface area contributed by atoms with E-state index < -0.39 is 5.97 Å². The van der Waals surface area contributed by atoms with E-state index in [0.717, 1.165) is 5.56 Å². The second-order valence-electron chi connectivity index (χ2n) is 4.84. The number of rotatable bonds is 5. The minimum absolute atomic E-state index is 0.0552. The number of nitrogens with one attached hydrogen (secondary N) is 1. The normalized spacial score (nSPS) is 11.7. The summed E-state index contributed by atoms with van der Waals surface area (Å²) in [4.78, 5) is 23.2. The largest absolute Gasteiger partial charge is 0.478 e. The van der Waals surface area contributed by atoms with Gasteiger partial charge in [0.25, 0.3) is 0 Å². The molecule has 0 aromatic heterocycles. The highest BCUT2D eigenvalue weighted by Gasteiger charge is 2.14. The van der Waals surface area contributed by atoms with Crippen LogP contribution < -0.4 is 5.32 Å². The van der Waals surface area contributed by atoms with Gasteiger partial charge in [0, 0.05) is 0 Å². The fourth-order valence-corrected chi connectivity index (χ4v) is 2.17. The number of benzene rings is 2. The van der Waals surface area contributed by atoms with Crippen molar-refractivity contribution in [1.29, 1.82) is 0 Å². The molecule has 0 aliphatic heterocycles.